The van der Waals surface area contributed by atoms with Gasteiger partial charge in [-0.1, -0.05) is 19.8 Å². The molecule has 0 bridgehead atoms. The normalized spacial score (nSPS) is 23.6. The van der Waals surface area contributed by atoms with E-state index in [0.29, 0.717) is 17.1 Å². The molecule has 2 fully saturated rings. The number of nitrogens with one attached hydrogen (secondary N) is 2. The first kappa shape index (κ1) is 16.1. The van der Waals surface area contributed by atoms with Crippen LogP contribution in [0.25, 0.3) is 11.0 Å². The molecule has 2 aliphatic rings. The van der Waals surface area contributed by atoms with Crippen LogP contribution >= 0.6 is 0 Å². The molecule has 2 saturated carbocycles. The Morgan fingerprint density at radius 1 is 1.28 bits per heavy atom. The quantitative estimate of drug-likeness (QED) is 0.888. The number of amides is 1. The van der Waals surface area contributed by atoms with Crippen LogP contribution in [0.1, 0.15) is 61.8 Å². The molecule has 7 heteroatoms. The zero-order chi connectivity index (χ0) is 17.6. The lowest BCUT2D eigenvalue weighted by Gasteiger charge is -2.27. The Balaban J connectivity index is 1.66. The summed E-state index contributed by atoms with van der Waals surface area (Å²) in [5.74, 6) is 0.404. The average molecular weight is 342 g/mol. The first-order valence-electron chi connectivity index (χ1n) is 8.98. The summed E-state index contributed by atoms with van der Waals surface area (Å²) < 4.78 is 1.53. The Bertz CT molecular complexity index is 941. The molecule has 0 aromatic carbocycles. The van der Waals surface area contributed by atoms with E-state index in [1.54, 1.807) is 6.07 Å². The second-order valence-corrected chi connectivity index (χ2v) is 7.40. The molecule has 0 unspecified atom stereocenters. The van der Waals surface area contributed by atoms with E-state index < -0.39 is 11.2 Å². The van der Waals surface area contributed by atoms with Crippen molar-refractivity contribution in [3.63, 3.8) is 0 Å². The van der Waals surface area contributed by atoms with Gasteiger partial charge in [-0.15, -0.1) is 0 Å². The van der Waals surface area contributed by atoms with Crippen LogP contribution in [0.4, 0.5) is 0 Å². The van der Waals surface area contributed by atoms with Gasteiger partial charge in [-0.25, -0.2) is 9.78 Å². The minimum absolute atomic E-state index is 0.0998. The van der Waals surface area contributed by atoms with Gasteiger partial charge in [0.25, 0.3) is 11.5 Å². The van der Waals surface area contributed by atoms with Gasteiger partial charge < -0.3 is 5.32 Å². The molecule has 4 rings (SSSR count). The summed E-state index contributed by atoms with van der Waals surface area (Å²) in [7, 11) is 0. The summed E-state index contributed by atoms with van der Waals surface area (Å²) >= 11 is 0. The third kappa shape index (κ3) is 3.10. The fourth-order valence-corrected chi connectivity index (χ4v) is 3.77. The smallest absolute Gasteiger partial charge is 0.330 e. The van der Waals surface area contributed by atoms with Gasteiger partial charge in [0.05, 0.1) is 10.9 Å². The summed E-state index contributed by atoms with van der Waals surface area (Å²) in [5, 5.41) is 3.34. The highest BCUT2D eigenvalue weighted by Gasteiger charge is 2.28. The van der Waals surface area contributed by atoms with E-state index in [2.05, 4.69) is 22.2 Å². The first-order chi connectivity index (χ1) is 12.0. The van der Waals surface area contributed by atoms with Crippen LogP contribution in [0.5, 0.6) is 0 Å². The van der Waals surface area contributed by atoms with E-state index in [0.717, 1.165) is 32.1 Å². The summed E-state index contributed by atoms with van der Waals surface area (Å²) in [4.78, 5) is 43.4. The van der Waals surface area contributed by atoms with Crippen molar-refractivity contribution in [3.05, 3.63) is 38.7 Å². The van der Waals surface area contributed by atoms with Crippen molar-refractivity contribution in [2.45, 2.75) is 57.5 Å². The highest BCUT2D eigenvalue weighted by molar-refractivity contribution is 5.96. The lowest BCUT2D eigenvalue weighted by atomic mass is 9.87. The monoisotopic (exact) mass is 342 g/mol. The largest absolute Gasteiger partial charge is 0.349 e. The number of aromatic amines is 1. The standard InChI is InChI=1S/C18H22N4O3/c1-10-3-2-4-12(7-10)20-16(23)11-8-14-15(19-9-11)22(13-5-6-13)18(25)21-17(14)24/h8-10,12-13H,2-7H2,1H3,(H,20,23)(H,21,24,25)/t10-,12+/m1/s1. The molecule has 2 atom stereocenters. The molecule has 0 radical (unpaired) electrons. The minimum Gasteiger partial charge on any atom is -0.349 e. The van der Waals surface area contributed by atoms with Gasteiger partial charge in [0, 0.05) is 18.3 Å². The van der Waals surface area contributed by atoms with E-state index >= 15 is 0 Å². The maximum absolute atomic E-state index is 12.5. The highest BCUT2D eigenvalue weighted by atomic mass is 16.2. The number of pyridine rings is 1. The first-order valence-corrected chi connectivity index (χ1v) is 8.98. The van der Waals surface area contributed by atoms with E-state index in [-0.39, 0.29) is 23.4 Å². The number of aromatic nitrogens is 3. The molecular formula is C18H22N4O3. The number of H-pyrrole nitrogens is 1. The van der Waals surface area contributed by atoms with Crippen LogP contribution in [0, 0.1) is 5.92 Å². The van der Waals surface area contributed by atoms with Crippen LogP contribution < -0.4 is 16.6 Å². The number of carbonyl (C=O) groups excluding carboxylic acids is 1. The molecule has 2 N–H and O–H groups in total. The third-order valence-electron chi connectivity index (χ3n) is 5.22. The predicted molar refractivity (Wildman–Crippen MR) is 93.8 cm³/mol. The molecule has 2 aliphatic carbocycles. The number of hydrogen-bond donors (Lipinski definition) is 2. The Morgan fingerprint density at radius 3 is 2.80 bits per heavy atom. The van der Waals surface area contributed by atoms with Crippen LogP contribution in [-0.4, -0.2) is 26.5 Å². The summed E-state index contributed by atoms with van der Waals surface area (Å²) in [6, 6.07) is 1.81. The molecule has 25 heavy (non-hydrogen) atoms. The van der Waals surface area contributed by atoms with Crippen molar-refractivity contribution in [2.75, 3.05) is 0 Å². The topological polar surface area (TPSA) is 96.8 Å². The molecule has 7 nitrogen and oxygen atoms in total. The van der Waals surface area contributed by atoms with Crippen molar-refractivity contribution in [1.29, 1.82) is 0 Å². The fraction of sp³-hybridized carbons (Fsp3) is 0.556. The highest BCUT2D eigenvalue weighted by Crippen LogP contribution is 2.34. The SMILES string of the molecule is C[C@@H]1CCC[C@H](NC(=O)c2cnc3c(c2)c(=O)[nH]c(=O)n3C2CC2)C1. The Labute approximate surface area is 144 Å². The van der Waals surface area contributed by atoms with Gasteiger partial charge in [0.1, 0.15) is 5.65 Å². The molecule has 2 aromatic heterocycles. The molecule has 0 aliphatic heterocycles. The lowest BCUT2D eigenvalue weighted by molar-refractivity contribution is 0.0921. The van der Waals surface area contributed by atoms with Crippen molar-refractivity contribution >= 4 is 16.9 Å². The van der Waals surface area contributed by atoms with Crippen LogP contribution in [-0.2, 0) is 0 Å². The Kier molecular flexibility index (Phi) is 3.94. The zero-order valence-electron chi connectivity index (χ0n) is 14.2. The van der Waals surface area contributed by atoms with Gasteiger partial charge >= 0.3 is 5.69 Å². The van der Waals surface area contributed by atoms with E-state index in [1.165, 1.54) is 17.2 Å². The van der Waals surface area contributed by atoms with Crippen LogP contribution in [0.2, 0.25) is 0 Å². The molecule has 132 valence electrons. The summed E-state index contributed by atoms with van der Waals surface area (Å²) in [6.45, 7) is 2.20. The maximum atomic E-state index is 12.5. The molecule has 2 aromatic rings. The van der Waals surface area contributed by atoms with Crippen molar-refractivity contribution in [1.82, 2.24) is 19.9 Å². The van der Waals surface area contributed by atoms with Crippen LogP contribution in [0.3, 0.4) is 0 Å². The van der Waals surface area contributed by atoms with Gasteiger partial charge in [-0.05, 0) is 37.7 Å². The molecule has 0 spiro atoms. The van der Waals surface area contributed by atoms with Gasteiger partial charge in [0.15, 0.2) is 0 Å². The van der Waals surface area contributed by atoms with E-state index in [9.17, 15) is 14.4 Å². The molecule has 1 amide bonds. The lowest BCUT2D eigenvalue weighted by Crippen LogP contribution is -2.38. The second-order valence-electron chi connectivity index (χ2n) is 7.40. The fourth-order valence-electron chi connectivity index (χ4n) is 3.77. The average Bonchev–Trinajstić information content (AvgIpc) is 3.39. The van der Waals surface area contributed by atoms with E-state index in [1.807, 2.05) is 0 Å². The molecular weight excluding hydrogens is 320 g/mol. The van der Waals surface area contributed by atoms with Crippen molar-refractivity contribution in [3.8, 4) is 0 Å². The zero-order valence-corrected chi connectivity index (χ0v) is 14.2. The number of carbonyl (C=O) groups is 1. The Morgan fingerprint density at radius 2 is 2.08 bits per heavy atom. The number of fused-ring (bicyclic) bond motifs is 1. The van der Waals surface area contributed by atoms with Crippen molar-refractivity contribution < 1.29 is 4.79 Å². The third-order valence-corrected chi connectivity index (χ3v) is 5.22. The minimum atomic E-state index is -0.495. The van der Waals surface area contributed by atoms with Gasteiger partial charge in [-0.2, -0.15) is 0 Å². The number of hydrogen-bond acceptors (Lipinski definition) is 4. The molecule has 2 heterocycles. The Hall–Kier alpha value is -2.44. The second kappa shape index (κ2) is 6.13. The number of rotatable bonds is 3. The summed E-state index contributed by atoms with van der Waals surface area (Å²) in [6.07, 6.45) is 7.57. The maximum Gasteiger partial charge on any atom is 0.330 e. The van der Waals surface area contributed by atoms with Crippen molar-refractivity contribution in [2.24, 2.45) is 5.92 Å². The van der Waals surface area contributed by atoms with Gasteiger partial charge in [-0.3, -0.25) is 19.1 Å². The van der Waals surface area contributed by atoms with E-state index in [4.69, 9.17) is 0 Å². The predicted octanol–water partition coefficient (Wildman–Crippen LogP) is 1.73. The summed E-state index contributed by atoms with van der Waals surface area (Å²) in [5.41, 5.74) is -0.206. The molecule has 0 saturated heterocycles. The van der Waals surface area contributed by atoms with Crippen LogP contribution in [0.15, 0.2) is 21.9 Å². The number of nitrogens with zero attached hydrogens (tertiary/aromatic N) is 2. The van der Waals surface area contributed by atoms with Gasteiger partial charge in [0.2, 0.25) is 0 Å².